The largest absolute Gasteiger partial charge is 0.480 e. The van der Waals surface area contributed by atoms with E-state index in [2.05, 4.69) is 5.32 Å². The first-order chi connectivity index (χ1) is 10.0. The summed E-state index contributed by atoms with van der Waals surface area (Å²) in [6, 6.07) is 1.47. The molecule has 0 heterocycles. The molecule has 0 aromatic heterocycles. The quantitative estimate of drug-likeness (QED) is 0.670. The van der Waals surface area contributed by atoms with Crippen LogP contribution in [0.25, 0.3) is 0 Å². The number of carboxylic acids is 1. The topological polar surface area (TPSA) is 122 Å². The monoisotopic (exact) mass is 314 g/mol. The van der Waals surface area contributed by atoms with Gasteiger partial charge in [-0.05, 0) is 39.0 Å². The number of carbonyl (C=O) groups excluding carboxylic acids is 1. The average Bonchev–Trinajstić information content (AvgIpc) is 2.36. The van der Waals surface area contributed by atoms with Crippen LogP contribution in [0.3, 0.4) is 0 Å². The number of rotatable bonds is 4. The molecular weight excluding hydrogens is 295 g/mol. The number of halogens is 1. The van der Waals surface area contributed by atoms with Crippen molar-refractivity contribution in [2.45, 2.75) is 38.5 Å². The number of hydrogen-bond donors (Lipinski definition) is 4. The molecule has 22 heavy (non-hydrogen) atoms. The molecule has 0 saturated carbocycles. The number of ether oxygens (including phenoxy) is 1. The van der Waals surface area contributed by atoms with Crippen molar-refractivity contribution in [3.63, 3.8) is 0 Å². The molecule has 0 aliphatic heterocycles. The molecule has 0 saturated heterocycles. The van der Waals surface area contributed by atoms with Gasteiger partial charge in [-0.15, -0.1) is 0 Å². The van der Waals surface area contributed by atoms with Crippen molar-refractivity contribution in [2.75, 3.05) is 5.32 Å². The number of aliphatic carboxylic acids is 1. The lowest BCUT2D eigenvalue weighted by atomic mass is 10.0. The molecule has 8 heteroatoms. The Balaban J connectivity index is 3.06. The van der Waals surface area contributed by atoms with Gasteiger partial charge in [-0.2, -0.15) is 0 Å². The summed E-state index contributed by atoms with van der Waals surface area (Å²) in [5.41, 5.74) is 4.44. The van der Waals surface area contributed by atoms with Crippen LogP contribution in [0.4, 0.5) is 14.9 Å². The van der Waals surface area contributed by atoms with Crippen molar-refractivity contribution in [2.24, 2.45) is 5.73 Å². The van der Waals surface area contributed by atoms with E-state index in [4.69, 9.17) is 15.6 Å². The molecule has 122 valence electrons. The summed E-state index contributed by atoms with van der Waals surface area (Å²) in [7, 11) is 0. The van der Waals surface area contributed by atoms with E-state index in [-0.39, 0.29) is 11.3 Å². The minimum absolute atomic E-state index is 0.0138. The molecule has 0 fully saturated rings. The van der Waals surface area contributed by atoms with Gasteiger partial charge in [-0.1, -0.05) is 0 Å². The maximum absolute atomic E-state index is 13.3. The van der Waals surface area contributed by atoms with Gasteiger partial charge in [0.15, 0.2) is 0 Å². The molecule has 2 atom stereocenters. The lowest BCUT2D eigenvalue weighted by Gasteiger charge is -2.22. The molecule has 1 aromatic carbocycles. The van der Waals surface area contributed by atoms with Gasteiger partial charge in [0.05, 0.1) is 5.69 Å². The molecule has 2 unspecified atom stereocenters. The van der Waals surface area contributed by atoms with Crippen LogP contribution in [-0.4, -0.2) is 33.9 Å². The summed E-state index contributed by atoms with van der Waals surface area (Å²) in [4.78, 5) is 22.6. The van der Waals surface area contributed by atoms with Crippen LogP contribution in [0.2, 0.25) is 0 Å². The SMILES string of the molecule is CC(C)(C)OC(=O)Nc1ccc(F)cc1C(O)C(N)C(=O)O. The van der Waals surface area contributed by atoms with Gasteiger partial charge in [0.2, 0.25) is 0 Å². The molecule has 1 amide bonds. The van der Waals surface area contributed by atoms with Gasteiger partial charge >= 0.3 is 12.1 Å². The summed E-state index contributed by atoms with van der Waals surface area (Å²) in [6.07, 6.45) is -2.52. The van der Waals surface area contributed by atoms with Gasteiger partial charge in [-0.25, -0.2) is 9.18 Å². The lowest BCUT2D eigenvalue weighted by molar-refractivity contribution is -0.141. The number of aliphatic hydroxyl groups excluding tert-OH is 1. The zero-order chi connectivity index (χ0) is 17.1. The van der Waals surface area contributed by atoms with Gasteiger partial charge in [0.1, 0.15) is 23.6 Å². The number of amides is 1. The number of carbonyl (C=O) groups is 2. The fourth-order valence-corrected chi connectivity index (χ4v) is 1.63. The second-order valence-electron chi connectivity index (χ2n) is 5.67. The molecule has 1 aromatic rings. The molecule has 0 radical (unpaired) electrons. The van der Waals surface area contributed by atoms with Crippen molar-refractivity contribution in [1.82, 2.24) is 0 Å². The summed E-state index contributed by atoms with van der Waals surface area (Å²) in [6.45, 7) is 4.98. The molecule has 0 spiro atoms. The van der Waals surface area contributed by atoms with Crippen LogP contribution < -0.4 is 11.1 Å². The molecule has 5 N–H and O–H groups in total. The second kappa shape index (κ2) is 6.71. The minimum atomic E-state index is -1.70. The fourth-order valence-electron chi connectivity index (χ4n) is 1.63. The van der Waals surface area contributed by atoms with Crippen molar-refractivity contribution < 1.29 is 28.9 Å². The molecule has 0 aliphatic rings. The predicted molar refractivity (Wildman–Crippen MR) is 76.8 cm³/mol. The molecule has 7 nitrogen and oxygen atoms in total. The van der Waals surface area contributed by atoms with E-state index in [1.807, 2.05) is 0 Å². The molecule has 0 bridgehead atoms. The Bertz CT molecular complexity index is 571. The molecule has 1 rings (SSSR count). The summed E-state index contributed by atoms with van der Waals surface area (Å²) < 4.78 is 18.4. The number of nitrogens with one attached hydrogen (secondary N) is 1. The Kier molecular flexibility index (Phi) is 5.45. The van der Waals surface area contributed by atoms with Gasteiger partial charge in [0.25, 0.3) is 0 Å². The van der Waals surface area contributed by atoms with E-state index in [0.29, 0.717) is 0 Å². The third kappa shape index (κ3) is 4.97. The summed E-state index contributed by atoms with van der Waals surface area (Å²) in [5.74, 6) is -2.17. The van der Waals surface area contributed by atoms with Gasteiger partial charge in [-0.3, -0.25) is 10.1 Å². The highest BCUT2D eigenvalue weighted by molar-refractivity contribution is 5.86. The normalized spacial score (nSPS) is 14.1. The first-order valence-corrected chi connectivity index (χ1v) is 6.47. The molecular formula is C14H19FN2O5. The van der Waals surface area contributed by atoms with Crippen molar-refractivity contribution >= 4 is 17.7 Å². The minimum Gasteiger partial charge on any atom is -0.480 e. The maximum atomic E-state index is 13.3. The van der Waals surface area contributed by atoms with E-state index in [1.165, 1.54) is 6.07 Å². The Morgan fingerprint density at radius 1 is 1.36 bits per heavy atom. The standard InChI is InChI=1S/C14H19FN2O5/c1-14(2,3)22-13(21)17-9-5-4-7(15)6-8(9)11(18)10(16)12(19)20/h4-6,10-11,18H,16H2,1-3H3,(H,17,21)(H,19,20). The third-order valence-corrected chi connectivity index (χ3v) is 2.59. The van der Waals surface area contributed by atoms with E-state index in [0.717, 1.165) is 12.1 Å². The van der Waals surface area contributed by atoms with E-state index >= 15 is 0 Å². The van der Waals surface area contributed by atoms with Crippen LogP contribution in [0.5, 0.6) is 0 Å². The third-order valence-electron chi connectivity index (χ3n) is 2.59. The summed E-state index contributed by atoms with van der Waals surface area (Å²) in [5, 5.41) is 21.1. The maximum Gasteiger partial charge on any atom is 0.412 e. The van der Waals surface area contributed by atoms with Crippen molar-refractivity contribution in [3.8, 4) is 0 Å². The Morgan fingerprint density at radius 2 is 1.95 bits per heavy atom. The number of benzene rings is 1. The number of nitrogens with two attached hydrogens (primary N) is 1. The second-order valence-corrected chi connectivity index (χ2v) is 5.67. The smallest absolute Gasteiger partial charge is 0.412 e. The number of carboxylic acid groups (broad SMARTS) is 1. The van der Waals surface area contributed by atoms with E-state index in [9.17, 15) is 19.1 Å². The van der Waals surface area contributed by atoms with Gasteiger partial charge < -0.3 is 20.7 Å². The lowest BCUT2D eigenvalue weighted by Crippen LogP contribution is -2.37. The Hall–Kier alpha value is -2.19. The first-order valence-electron chi connectivity index (χ1n) is 6.47. The number of hydrogen-bond acceptors (Lipinski definition) is 5. The van der Waals surface area contributed by atoms with Crippen molar-refractivity contribution in [3.05, 3.63) is 29.6 Å². The van der Waals surface area contributed by atoms with Gasteiger partial charge in [0, 0.05) is 5.56 Å². The predicted octanol–water partition coefficient (Wildman–Crippen LogP) is 1.62. The van der Waals surface area contributed by atoms with Crippen LogP contribution >= 0.6 is 0 Å². The van der Waals surface area contributed by atoms with E-state index in [1.54, 1.807) is 20.8 Å². The Morgan fingerprint density at radius 3 is 2.45 bits per heavy atom. The van der Waals surface area contributed by atoms with E-state index < -0.39 is 35.6 Å². The highest BCUT2D eigenvalue weighted by Gasteiger charge is 2.27. The van der Waals surface area contributed by atoms with Crippen LogP contribution in [0.1, 0.15) is 32.4 Å². The van der Waals surface area contributed by atoms with Crippen LogP contribution in [0, 0.1) is 5.82 Å². The number of aliphatic hydroxyl groups is 1. The average molecular weight is 314 g/mol. The highest BCUT2D eigenvalue weighted by atomic mass is 19.1. The number of anilines is 1. The van der Waals surface area contributed by atoms with Crippen LogP contribution in [0.15, 0.2) is 18.2 Å². The highest BCUT2D eigenvalue weighted by Crippen LogP contribution is 2.26. The zero-order valence-corrected chi connectivity index (χ0v) is 12.5. The molecule has 0 aliphatic carbocycles. The van der Waals surface area contributed by atoms with Crippen molar-refractivity contribution in [1.29, 1.82) is 0 Å². The fraction of sp³-hybridized carbons (Fsp3) is 0.429. The zero-order valence-electron chi connectivity index (χ0n) is 12.5. The Labute approximate surface area is 126 Å². The van der Waals surface area contributed by atoms with Crippen LogP contribution in [-0.2, 0) is 9.53 Å². The summed E-state index contributed by atoms with van der Waals surface area (Å²) >= 11 is 0. The first kappa shape index (κ1) is 17.9.